The van der Waals surface area contributed by atoms with Gasteiger partial charge in [-0.15, -0.1) is 16.8 Å². The van der Waals surface area contributed by atoms with E-state index in [2.05, 4.69) is 31.5 Å². The van der Waals surface area contributed by atoms with Gasteiger partial charge in [-0.1, -0.05) is 72.4 Å². The van der Waals surface area contributed by atoms with Gasteiger partial charge in [-0.25, -0.2) is 4.98 Å². The molecule has 1 aromatic heterocycles. The number of thiazole rings is 1. The van der Waals surface area contributed by atoms with Gasteiger partial charge in [0, 0.05) is 49.1 Å². The van der Waals surface area contributed by atoms with Crippen LogP contribution in [0.15, 0.2) is 29.6 Å². The van der Waals surface area contributed by atoms with Gasteiger partial charge in [-0.3, -0.25) is 14.4 Å². The van der Waals surface area contributed by atoms with Gasteiger partial charge in [0.2, 0.25) is 0 Å². The number of anilines is 1. The van der Waals surface area contributed by atoms with E-state index in [1.165, 1.54) is 11.3 Å². The summed E-state index contributed by atoms with van der Waals surface area (Å²) in [6.45, 7) is 17.1. The van der Waals surface area contributed by atoms with Crippen LogP contribution in [0.3, 0.4) is 0 Å². The van der Waals surface area contributed by atoms with Crippen molar-refractivity contribution in [1.82, 2.24) is 20.6 Å². The third kappa shape index (κ3) is 14.1. The summed E-state index contributed by atoms with van der Waals surface area (Å²) in [6, 6.07) is 5.86. The largest absolute Gasteiger partial charge is 0.481 e. The van der Waals surface area contributed by atoms with E-state index in [0.717, 1.165) is 49.0 Å². The Morgan fingerprint density at radius 3 is 2.41 bits per heavy atom. The second-order valence-corrected chi connectivity index (χ2v) is 17.2. The molecule has 0 unspecified atom stereocenters. The van der Waals surface area contributed by atoms with Crippen LogP contribution < -0.4 is 16.5 Å². The molecule has 56 heavy (non-hydrogen) atoms. The van der Waals surface area contributed by atoms with Crippen molar-refractivity contribution >= 4 is 34.8 Å². The lowest BCUT2D eigenvalue weighted by Gasteiger charge is -2.38. The number of hydrogen-bond donors (Lipinski definition) is 4. The zero-order valence-electron chi connectivity index (χ0n) is 35.1. The molecule has 0 saturated carbocycles. The third-order valence-electron chi connectivity index (χ3n) is 10.9. The monoisotopic (exact) mass is 801 g/mol. The summed E-state index contributed by atoms with van der Waals surface area (Å²) in [5.74, 6) is -1.52. The van der Waals surface area contributed by atoms with Crippen molar-refractivity contribution in [3.05, 3.63) is 50.8 Å². The Morgan fingerprint density at radius 1 is 1.11 bits per heavy atom. The lowest BCUT2D eigenvalue weighted by molar-refractivity contribution is -0.686. The van der Waals surface area contributed by atoms with E-state index < -0.39 is 41.7 Å². The number of carbonyl (C=O) groups excluding carboxylic acids is 2. The van der Waals surface area contributed by atoms with Crippen LogP contribution in [0.25, 0.3) is 0 Å². The summed E-state index contributed by atoms with van der Waals surface area (Å²) in [4.78, 5) is 61.4. The zero-order chi connectivity index (χ0) is 41.4. The topological polar surface area (TPSA) is 176 Å². The van der Waals surface area contributed by atoms with Gasteiger partial charge in [0.25, 0.3) is 11.8 Å². The molecule has 0 bridgehead atoms. The highest BCUT2D eigenvalue weighted by Gasteiger charge is 2.41. The van der Waals surface area contributed by atoms with Crippen LogP contribution in [-0.2, 0) is 25.5 Å². The first kappa shape index (κ1) is 46.8. The van der Waals surface area contributed by atoms with Gasteiger partial charge in [0.1, 0.15) is 21.7 Å². The average Bonchev–Trinajstić information content (AvgIpc) is 3.67. The lowest BCUT2D eigenvalue weighted by atomic mass is 9.84. The number of hydrazine groups is 1. The van der Waals surface area contributed by atoms with Crippen molar-refractivity contribution in [2.24, 2.45) is 17.3 Å². The Kier molecular flexibility index (Phi) is 19.2. The molecule has 2 amide bonds. The lowest BCUT2D eigenvalue weighted by Crippen LogP contribution is -2.57. The number of aromatic nitrogens is 1. The first-order valence-electron chi connectivity index (χ1n) is 20.7. The molecule has 0 radical (unpaired) electrons. The van der Waals surface area contributed by atoms with E-state index in [1.54, 1.807) is 31.4 Å². The summed E-state index contributed by atoms with van der Waals surface area (Å²) < 4.78 is 12.1. The molecule has 2 heterocycles. The van der Waals surface area contributed by atoms with Crippen LogP contribution in [-0.4, -0.2) is 81.8 Å². The van der Waals surface area contributed by atoms with E-state index in [-0.39, 0.29) is 35.9 Å². The summed E-state index contributed by atoms with van der Waals surface area (Å²) in [5, 5.41) is 15.3. The first-order chi connectivity index (χ1) is 26.6. The van der Waals surface area contributed by atoms with Crippen LogP contribution in [0.5, 0.6) is 0 Å². The van der Waals surface area contributed by atoms with Crippen molar-refractivity contribution in [2.75, 3.05) is 25.5 Å². The summed E-state index contributed by atoms with van der Waals surface area (Å²) in [7, 11) is 0. The molecule has 1 fully saturated rings. The maximum Gasteiger partial charge on any atom is 0.336 e. The highest BCUT2D eigenvalue weighted by Crippen LogP contribution is 2.32. The molecule has 14 heteroatoms. The molecule has 1 aromatic carbocycles. The summed E-state index contributed by atoms with van der Waals surface area (Å²) in [6.07, 6.45) is 7.04. The van der Waals surface area contributed by atoms with Crippen molar-refractivity contribution < 1.29 is 33.8 Å². The summed E-state index contributed by atoms with van der Waals surface area (Å²) >= 11 is 1.33. The molecule has 314 valence electrons. The van der Waals surface area contributed by atoms with Gasteiger partial charge < -0.3 is 30.5 Å². The van der Waals surface area contributed by atoms with Gasteiger partial charge in [-0.05, 0) is 82.4 Å². The van der Waals surface area contributed by atoms with E-state index in [9.17, 15) is 24.4 Å². The Balaban J connectivity index is 1.89. The maximum atomic E-state index is 14.7. The number of carbonyl (C=O) groups is 3. The molecule has 1 aliphatic heterocycles. The molecule has 0 spiro atoms. The number of benzene rings is 1. The van der Waals surface area contributed by atoms with E-state index in [0.29, 0.717) is 56.1 Å². The number of nitrogens with zero attached hydrogens (tertiary/aromatic N) is 3. The second kappa shape index (κ2) is 23.0. The number of hydrogen-bond acceptors (Lipinski definition) is 9. The third-order valence-corrected chi connectivity index (χ3v) is 11.8. The predicted octanol–water partition coefficient (Wildman–Crippen LogP) is 7.69. The van der Waals surface area contributed by atoms with Crippen molar-refractivity contribution in [3.63, 3.8) is 0 Å². The molecule has 13 nitrogen and oxygen atoms in total. The van der Waals surface area contributed by atoms with Crippen molar-refractivity contribution in [2.45, 2.75) is 156 Å². The number of nitrogens with one attached hydrogen (secondary N) is 2. The Hall–Kier alpha value is -3.62. The Bertz CT molecular complexity index is 1530. The van der Waals surface area contributed by atoms with Crippen LogP contribution in [0.4, 0.5) is 5.69 Å². The van der Waals surface area contributed by atoms with E-state index in [4.69, 9.17) is 20.2 Å². The number of ether oxygens (including phenoxy) is 2. The highest BCUT2D eigenvalue weighted by molar-refractivity contribution is 7.09. The van der Waals surface area contributed by atoms with Crippen molar-refractivity contribution in [1.29, 1.82) is 0 Å². The average molecular weight is 802 g/mol. The molecule has 3 rings (SSSR count). The normalized spacial score (nSPS) is 17.4. The summed E-state index contributed by atoms with van der Waals surface area (Å²) in [5.41, 5.74) is 9.60. The van der Waals surface area contributed by atoms with Gasteiger partial charge >= 0.3 is 12.2 Å². The molecular formula is C42H69N6O7S+. The minimum Gasteiger partial charge on any atom is -0.481 e. The van der Waals surface area contributed by atoms with Crippen LogP contribution in [0.2, 0.25) is 0 Å². The number of carboxylic acid groups (broad SMARTS) is 1. The molecular weight excluding hydrogens is 733 g/mol. The number of unbranched alkanes of at least 4 members (excludes halogenated alkanes) is 3. The predicted molar refractivity (Wildman–Crippen MR) is 221 cm³/mol. The highest BCUT2D eigenvalue weighted by atomic mass is 32.1. The molecule has 2 aromatic rings. The molecule has 5 N–H and O–H groups in total. The van der Waals surface area contributed by atoms with Gasteiger partial charge in [0.05, 0.1) is 16.9 Å². The number of carboxylic acids is 1. The zero-order valence-corrected chi connectivity index (χ0v) is 35.9. The maximum absolute atomic E-state index is 14.7. The second-order valence-electron chi connectivity index (χ2n) is 16.3. The number of nitrogen functional groups attached to an aromatic ring is 1. The quantitative estimate of drug-likeness (QED) is 0.0337. The fourth-order valence-corrected chi connectivity index (χ4v) is 8.01. The number of nitroso groups, excluding NO2 is 1. The van der Waals surface area contributed by atoms with Gasteiger partial charge in [0.15, 0.2) is 6.04 Å². The Morgan fingerprint density at radius 2 is 1.82 bits per heavy atom. The molecule has 1 saturated heterocycles. The number of aliphatic carboxylic acids is 1. The SMILES string of the molecule is CCCCCCN(C(=O)[C@@H](N[N+](=O)[C@H]1CCCCO1)[C@@H](C)CC)[C@H](C[C@@H](OCC)c1nc(C(=O)N[C@@H](Cc2ccc(N)cc2)CC(C)(C)C(=O)O)cs1)C(C)C. The van der Waals surface area contributed by atoms with Crippen LogP contribution >= 0.6 is 11.3 Å². The van der Waals surface area contributed by atoms with E-state index in [1.807, 2.05) is 37.8 Å². The minimum absolute atomic E-state index is 0.0464. The first-order valence-corrected chi connectivity index (χ1v) is 21.6. The minimum atomic E-state index is -1.08. The fraction of sp³-hybridized carbons (Fsp3) is 0.714. The number of rotatable bonds is 25. The van der Waals surface area contributed by atoms with Crippen molar-refractivity contribution in [3.8, 4) is 0 Å². The number of amides is 2. The fourth-order valence-electron chi connectivity index (χ4n) is 7.15. The number of nitrogens with two attached hydrogens (primary N) is 1. The van der Waals surface area contributed by atoms with Gasteiger partial charge in [-0.2, -0.15) is 0 Å². The van der Waals surface area contributed by atoms with Crippen LogP contribution in [0.1, 0.15) is 147 Å². The molecule has 0 aliphatic carbocycles. The molecule has 6 atom stereocenters. The molecule has 1 aliphatic rings. The smallest absolute Gasteiger partial charge is 0.336 e. The standard InChI is InChI=1S/C42H68N6O7S/c1-9-12-13-15-22-47(40(50)37(29(6)10-2)46-48(53)36-17-14-16-23-55-36)34(28(4)5)25-35(54-11-3)39-45-33(27-56-39)38(49)44-32(26-42(7,8)41(51)52)24-30-18-20-31(43)21-19-30/h18-21,27-29,32,34-37H,9-17,22-26,43H2,1-8H3,(H2-,44,46,49,51,52,53)/p+1/t29-,32-,34+,35+,36+,37-/m0/s1. The van der Waals surface area contributed by atoms with Crippen LogP contribution in [0, 0.1) is 22.2 Å². The Labute approximate surface area is 338 Å². The van der Waals surface area contributed by atoms with E-state index >= 15 is 0 Å².